The Morgan fingerprint density at radius 3 is 1.45 bits per heavy atom. The molecule has 0 aromatic rings. The number of hydrogen-bond acceptors (Lipinski definition) is 3. The number of hydrogen-bond donors (Lipinski definition) is 1. The smallest absolute Gasteiger partial charge is 0.306 e. The van der Waals surface area contributed by atoms with E-state index in [1.165, 1.54) is 69.6 Å². The molecule has 4 rings (SSSR count). The summed E-state index contributed by atoms with van der Waals surface area (Å²) in [5.41, 5.74) is 1.21. The van der Waals surface area contributed by atoms with Gasteiger partial charge in [0.1, 0.15) is 0 Å². The predicted octanol–water partition coefficient (Wildman–Crippen LogP) is 5.33. The number of carbonyl (C=O) groups excluding carboxylic acids is 1. The maximum atomic E-state index is 11.9. The van der Waals surface area contributed by atoms with E-state index in [0.717, 1.165) is 25.7 Å². The number of carboxylic acid groups (broad SMARTS) is 1. The van der Waals surface area contributed by atoms with Crippen LogP contribution in [0.1, 0.15) is 97.3 Å². The monoisotopic (exact) mass is 426 g/mol. The van der Waals surface area contributed by atoms with E-state index >= 15 is 0 Å². The molecule has 0 aromatic heterocycles. The minimum atomic E-state index is -2.02. The summed E-state index contributed by atoms with van der Waals surface area (Å²) in [5, 5.41) is 10.3. The maximum Gasteiger partial charge on any atom is 0.306 e. The van der Waals surface area contributed by atoms with Gasteiger partial charge in [-0.1, -0.05) is 20.3 Å². The molecule has 0 aromatic carbocycles. The fraction of sp³-hybridized carbons (Fsp3) is 0.875. The average Bonchev–Trinajstić information content (AvgIpc) is 2.58. The standard InChI is InChI=1S/C13H22O2S.C10H16O2.CH4/c1-16(2,15)10-12(14)11-4-8-13(9-5-11)6-3-7-13;11-9(12)8-2-6-10(7-3-8)4-1-5-10;/h10-11H,3-9H2,1-2H3;8H,1-7H2,(H,11,12);1H4. The Balaban J connectivity index is 0.000000207. The summed E-state index contributed by atoms with van der Waals surface area (Å²) in [5.74, 6) is -0.323. The van der Waals surface area contributed by atoms with Gasteiger partial charge in [-0.15, -0.1) is 0 Å². The van der Waals surface area contributed by atoms with Crippen LogP contribution in [0, 0.1) is 22.7 Å². The minimum absolute atomic E-state index is 0. The van der Waals surface area contributed by atoms with Gasteiger partial charge in [-0.2, -0.15) is 0 Å². The van der Waals surface area contributed by atoms with Gasteiger partial charge >= 0.3 is 5.97 Å². The van der Waals surface area contributed by atoms with Gasteiger partial charge in [-0.05, 0) is 97.4 Å². The molecule has 4 fully saturated rings. The summed E-state index contributed by atoms with van der Waals surface area (Å²) in [6.45, 7) is 0. The molecular weight excluding hydrogens is 384 g/mol. The van der Waals surface area contributed by atoms with Gasteiger partial charge in [0.2, 0.25) is 0 Å². The Labute approximate surface area is 178 Å². The summed E-state index contributed by atoms with van der Waals surface area (Å²) >= 11 is 0. The van der Waals surface area contributed by atoms with Crippen molar-refractivity contribution >= 4 is 26.6 Å². The first kappa shape index (κ1) is 24.4. The van der Waals surface area contributed by atoms with E-state index in [1.54, 1.807) is 12.5 Å². The molecule has 0 unspecified atom stereocenters. The molecular formula is C24H42O4S. The molecule has 0 atom stereocenters. The molecule has 0 heterocycles. The van der Waals surface area contributed by atoms with E-state index in [0.29, 0.717) is 10.8 Å². The summed E-state index contributed by atoms with van der Waals surface area (Å²) in [4.78, 5) is 22.6. The first-order valence-electron chi connectivity index (χ1n) is 11.2. The molecule has 1 N–H and O–H groups in total. The number of rotatable bonds is 3. The molecule has 0 aliphatic heterocycles. The average molecular weight is 427 g/mol. The molecule has 5 heteroatoms. The summed E-state index contributed by atoms with van der Waals surface area (Å²) < 4.78 is 11.6. The Hall–Kier alpha value is -0.840. The number of ketones is 1. The van der Waals surface area contributed by atoms with Gasteiger partial charge in [0, 0.05) is 23.8 Å². The minimum Gasteiger partial charge on any atom is -0.481 e. The van der Waals surface area contributed by atoms with Crippen LogP contribution < -0.4 is 0 Å². The van der Waals surface area contributed by atoms with Crippen molar-refractivity contribution in [2.45, 2.75) is 97.3 Å². The van der Waals surface area contributed by atoms with Crippen LogP contribution in [0.2, 0.25) is 0 Å². The maximum absolute atomic E-state index is 11.9. The summed E-state index contributed by atoms with van der Waals surface area (Å²) in [7, 11) is -2.02. The molecule has 2 spiro atoms. The highest BCUT2D eigenvalue weighted by molar-refractivity contribution is 8.01. The Morgan fingerprint density at radius 1 is 0.793 bits per heavy atom. The molecule has 0 saturated heterocycles. The van der Waals surface area contributed by atoms with Crippen molar-refractivity contribution in [3.8, 4) is 0 Å². The van der Waals surface area contributed by atoms with E-state index in [4.69, 9.17) is 5.11 Å². The first-order valence-corrected chi connectivity index (χ1v) is 13.6. The lowest BCUT2D eigenvalue weighted by Gasteiger charge is -2.46. The van der Waals surface area contributed by atoms with E-state index in [-0.39, 0.29) is 25.0 Å². The zero-order chi connectivity index (χ0) is 20.4. The largest absolute Gasteiger partial charge is 0.481 e. The van der Waals surface area contributed by atoms with E-state index in [2.05, 4.69) is 0 Å². The SMILES string of the molecule is C.CS(C)(=O)=CC(=O)C1CCC2(CCC2)CC1.O=C(O)C1CCC2(CCC2)CC1. The van der Waals surface area contributed by atoms with Crippen LogP contribution in [-0.4, -0.2) is 38.9 Å². The first-order chi connectivity index (χ1) is 13.1. The van der Waals surface area contributed by atoms with Gasteiger partial charge in [0.25, 0.3) is 0 Å². The zero-order valence-corrected chi connectivity index (χ0v) is 18.5. The zero-order valence-electron chi connectivity index (χ0n) is 17.7. The van der Waals surface area contributed by atoms with Crippen LogP contribution in [0.4, 0.5) is 0 Å². The van der Waals surface area contributed by atoms with Crippen molar-refractivity contribution in [3.63, 3.8) is 0 Å². The van der Waals surface area contributed by atoms with Gasteiger partial charge in [0.05, 0.1) is 5.92 Å². The fourth-order valence-corrected chi connectivity index (χ4v) is 6.47. The van der Waals surface area contributed by atoms with Gasteiger partial charge in [-0.25, -0.2) is 0 Å². The lowest BCUT2D eigenvalue weighted by atomic mass is 9.59. The lowest BCUT2D eigenvalue weighted by Crippen LogP contribution is -2.36. The highest BCUT2D eigenvalue weighted by Crippen LogP contribution is 2.53. The van der Waals surface area contributed by atoms with Gasteiger partial charge in [-0.3, -0.25) is 13.8 Å². The molecule has 4 aliphatic rings. The Kier molecular flexibility index (Phi) is 8.03. The van der Waals surface area contributed by atoms with Crippen LogP contribution in [-0.2, 0) is 19.1 Å². The highest BCUT2D eigenvalue weighted by atomic mass is 32.2. The number of carbonyl (C=O) groups is 2. The number of aliphatic carboxylic acids is 1. The van der Waals surface area contributed by atoms with E-state index in [1.807, 2.05) is 0 Å². The third-order valence-corrected chi connectivity index (χ3v) is 8.87. The second-order valence-corrected chi connectivity index (χ2v) is 13.3. The highest BCUT2D eigenvalue weighted by Gasteiger charge is 2.42. The summed E-state index contributed by atoms with van der Waals surface area (Å²) in [6, 6.07) is 0. The third-order valence-electron chi connectivity index (χ3n) is 8.07. The van der Waals surface area contributed by atoms with Gasteiger partial charge < -0.3 is 5.11 Å². The second kappa shape index (κ2) is 9.53. The van der Waals surface area contributed by atoms with Crippen LogP contribution in [0.25, 0.3) is 0 Å². The lowest BCUT2D eigenvalue weighted by molar-refractivity contribution is -0.144. The second-order valence-electron chi connectivity index (χ2n) is 10.4. The Bertz CT molecular complexity index is 680. The molecule has 4 nitrogen and oxygen atoms in total. The van der Waals surface area contributed by atoms with Crippen LogP contribution >= 0.6 is 0 Å². The quantitative estimate of drug-likeness (QED) is 0.619. The normalized spacial score (nSPS) is 27.4. The molecule has 0 bridgehead atoms. The van der Waals surface area contributed by atoms with Crippen molar-refractivity contribution in [1.82, 2.24) is 0 Å². The molecule has 168 valence electrons. The molecule has 29 heavy (non-hydrogen) atoms. The topological polar surface area (TPSA) is 71.4 Å². The number of Topliss-reactive ketones (excluding diaryl/α,β-unsaturated/α-hetero) is 1. The van der Waals surface area contributed by atoms with Crippen LogP contribution in [0.15, 0.2) is 0 Å². The van der Waals surface area contributed by atoms with Crippen LogP contribution in [0.5, 0.6) is 0 Å². The fourth-order valence-electron chi connectivity index (χ4n) is 5.72. The molecule has 0 amide bonds. The van der Waals surface area contributed by atoms with Crippen molar-refractivity contribution < 1.29 is 18.9 Å². The van der Waals surface area contributed by atoms with Crippen molar-refractivity contribution in [2.24, 2.45) is 22.7 Å². The molecule has 4 aliphatic carbocycles. The summed E-state index contributed by atoms with van der Waals surface area (Å²) in [6.07, 6.45) is 20.2. The number of carboxylic acids is 1. The van der Waals surface area contributed by atoms with Crippen LogP contribution in [0.3, 0.4) is 0 Å². The van der Waals surface area contributed by atoms with E-state index in [9.17, 15) is 13.8 Å². The Morgan fingerprint density at radius 2 is 1.17 bits per heavy atom. The van der Waals surface area contributed by atoms with Crippen molar-refractivity contribution in [2.75, 3.05) is 12.5 Å². The predicted molar refractivity (Wildman–Crippen MR) is 122 cm³/mol. The van der Waals surface area contributed by atoms with Gasteiger partial charge in [0.15, 0.2) is 5.78 Å². The third kappa shape index (κ3) is 6.32. The molecule has 0 radical (unpaired) electrons. The van der Waals surface area contributed by atoms with Crippen molar-refractivity contribution in [1.29, 1.82) is 0 Å². The van der Waals surface area contributed by atoms with E-state index < -0.39 is 15.5 Å². The molecule has 4 saturated carbocycles. The van der Waals surface area contributed by atoms with Crippen molar-refractivity contribution in [3.05, 3.63) is 0 Å².